The van der Waals surface area contributed by atoms with Gasteiger partial charge in [-0.25, -0.2) is 12.8 Å². The number of rotatable bonds is 5. The average molecular weight is 316 g/mol. The largest absolute Gasteiger partial charge is 0.494 e. The topological polar surface area (TPSA) is 81.4 Å². The molecule has 1 heterocycles. The van der Waals surface area contributed by atoms with E-state index in [9.17, 15) is 12.8 Å². The molecule has 2 rings (SSSR count). The van der Waals surface area contributed by atoms with Gasteiger partial charge in [-0.05, 0) is 18.2 Å². The minimum Gasteiger partial charge on any atom is -0.494 e. The van der Waals surface area contributed by atoms with Gasteiger partial charge in [0.15, 0.2) is 11.6 Å². The molecule has 0 atom stereocenters. The highest BCUT2D eigenvalue weighted by Gasteiger charge is 2.17. The third-order valence-corrected chi connectivity index (χ3v) is 5.01. The van der Waals surface area contributed by atoms with E-state index in [-0.39, 0.29) is 22.9 Å². The molecule has 0 amide bonds. The third kappa shape index (κ3) is 3.09. The number of nitrogens with two attached hydrogens (primary N) is 1. The van der Waals surface area contributed by atoms with Crippen LogP contribution in [-0.2, 0) is 16.6 Å². The summed E-state index contributed by atoms with van der Waals surface area (Å²) in [7, 11) is -2.41. The Hall–Kier alpha value is -1.64. The Morgan fingerprint density at radius 3 is 2.70 bits per heavy atom. The van der Waals surface area contributed by atoms with E-state index in [4.69, 9.17) is 10.5 Å². The zero-order valence-electron chi connectivity index (χ0n) is 10.6. The van der Waals surface area contributed by atoms with Gasteiger partial charge >= 0.3 is 0 Å². The SMILES string of the molecule is COc1ccc(NS(=O)(=O)c2csc(CN)c2)cc1F. The first-order valence-electron chi connectivity index (χ1n) is 5.60. The molecule has 5 nitrogen and oxygen atoms in total. The van der Waals surface area contributed by atoms with Gasteiger partial charge in [0, 0.05) is 22.9 Å². The van der Waals surface area contributed by atoms with Crippen molar-refractivity contribution in [1.29, 1.82) is 0 Å². The van der Waals surface area contributed by atoms with Crippen LogP contribution in [-0.4, -0.2) is 15.5 Å². The van der Waals surface area contributed by atoms with E-state index in [1.54, 1.807) is 0 Å². The maximum atomic E-state index is 13.5. The second-order valence-electron chi connectivity index (χ2n) is 3.91. The van der Waals surface area contributed by atoms with Crippen molar-refractivity contribution in [3.63, 3.8) is 0 Å². The second kappa shape index (κ2) is 5.78. The van der Waals surface area contributed by atoms with Gasteiger partial charge in [0.1, 0.15) is 0 Å². The van der Waals surface area contributed by atoms with Crippen molar-refractivity contribution >= 4 is 27.0 Å². The third-order valence-electron chi connectivity index (χ3n) is 2.55. The minimum absolute atomic E-state index is 0.0499. The van der Waals surface area contributed by atoms with E-state index >= 15 is 0 Å². The molecule has 2 aromatic rings. The average Bonchev–Trinajstić information content (AvgIpc) is 2.88. The molecule has 20 heavy (non-hydrogen) atoms. The van der Waals surface area contributed by atoms with Crippen molar-refractivity contribution in [1.82, 2.24) is 0 Å². The Morgan fingerprint density at radius 1 is 1.40 bits per heavy atom. The number of halogens is 1. The van der Waals surface area contributed by atoms with Gasteiger partial charge in [0.2, 0.25) is 0 Å². The summed E-state index contributed by atoms with van der Waals surface area (Å²) in [6.45, 7) is 0.275. The lowest BCUT2D eigenvalue weighted by Crippen LogP contribution is -2.12. The molecule has 1 aromatic heterocycles. The molecule has 0 aliphatic rings. The zero-order valence-corrected chi connectivity index (χ0v) is 12.2. The fourth-order valence-electron chi connectivity index (χ4n) is 1.55. The molecule has 1 aromatic carbocycles. The van der Waals surface area contributed by atoms with Crippen molar-refractivity contribution in [2.75, 3.05) is 11.8 Å². The minimum atomic E-state index is -3.74. The van der Waals surface area contributed by atoms with Crippen molar-refractivity contribution in [3.8, 4) is 5.75 Å². The van der Waals surface area contributed by atoms with Crippen LogP contribution < -0.4 is 15.2 Å². The zero-order chi connectivity index (χ0) is 14.8. The van der Waals surface area contributed by atoms with E-state index in [2.05, 4.69) is 4.72 Å². The van der Waals surface area contributed by atoms with Crippen LogP contribution in [0.2, 0.25) is 0 Å². The number of methoxy groups -OCH3 is 1. The number of thiophene rings is 1. The van der Waals surface area contributed by atoms with Crippen LogP contribution in [0.5, 0.6) is 5.75 Å². The van der Waals surface area contributed by atoms with Gasteiger partial charge in [-0.2, -0.15) is 0 Å². The summed E-state index contributed by atoms with van der Waals surface area (Å²) in [5.74, 6) is -0.588. The van der Waals surface area contributed by atoms with Crippen LogP contribution in [0.1, 0.15) is 4.88 Å². The molecule has 0 unspecified atom stereocenters. The molecule has 0 fully saturated rings. The van der Waals surface area contributed by atoms with E-state index < -0.39 is 15.8 Å². The number of benzene rings is 1. The van der Waals surface area contributed by atoms with Gasteiger partial charge in [-0.1, -0.05) is 0 Å². The van der Waals surface area contributed by atoms with Crippen LogP contribution in [0, 0.1) is 5.82 Å². The van der Waals surface area contributed by atoms with Gasteiger partial charge < -0.3 is 10.5 Å². The smallest absolute Gasteiger partial charge is 0.262 e. The molecule has 0 saturated carbocycles. The Morgan fingerprint density at radius 2 is 2.15 bits per heavy atom. The number of hydrogen-bond donors (Lipinski definition) is 2. The van der Waals surface area contributed by atoms with E-state index in [1.807, 2.05) is 0 Å². The molecule has 0 aliphatic carbocycles. The molecular formula is C12H13FN2O3S2. The number of sulfonamides is 1. The van der Waals surface area contributed by atoms with Crippen molar-refractivity contribution in [2.45, 2.75) is 11.4 Å². The maximum absolute atomic E-state index is 13.5. The Labute approximate surface area is 120 Å². The fourth-order valence-corrected chi connectivity index (χ4v) is 3.76. The van der Waals surface area contributed by atoms with Crippen LogP contribution in [0.25, 0.3) is 0 Å². The molecule has 0 spiro atoms. The summed E-state index contributed by atoms with van der Waals surface area (Å²) in [4.78, 5) is 0.866. The first kappa shape index (κ1) is 14.8. The highest BCUT2D eigenvalue weighted by molar-refractivity contribution is 7.92. The molecular weight excluding hydrogens is 303 g/mol. The standard InChI is InChI=1S/C12H13FN2O3S2/c1-18-12-3-2-8(4-11(12)13)15-20(16,17)10-5-9(6-14)19-7-10/h2-5,7,15H,6,14H2,1H3. The van der Waals surface area contributed by atoms with Crippen LogP contribution in [0.15, 0.2) is 34.5 Å². The first-order chi connectivity index (χ1) is 9.46. The van der Waals surface area contributed by atoms with Gasteiger partial charge in [-0.15, -0.1) is 11.3 Å². The number of ether oxygens (including phenoxy) is 1. The molecule has 0 radical (unpaired) electrons. The molecule has 8 heteroatoms. The lowest BCUT2D eigenvalue weighted by atomic mass is 10.3. The fraction of sp³-hybridized carbons (Fsp3) is 0.167. The monoisotopic (exact) mass is 316 g/mol. The summed E-state index contributed by atoms with van der Waals surface area (Å²) in [6, 6.07) is 5.33. The first-order valence-corrected chi connectivity index (χ1v) is 7.96. The predicted octanol–water partition coefficient (Wildman–Crippen LogP) is 2.16. The van der Waals surface area contributed by atoms with Crippen molar-refractivity contribution in [2.24, 2.45) is 5.73 Å². The van der Waals surface area contributed by atoms with Crippen LogP contribution >= 0.6 is 11.3 Å². The van der Waals surface area contributed by atoms with Crippen molar-refractivity contribution in [3.05, 3.63) is 40.3 Å². The number of anilines is 1. The maximum Gasteiger partial charge on any atom is 0.262 e. The normalized spacial score (nSPS) is 11.3. The number of hydrogen-bond acceptors (Lipinski definition) is 5. The number of nitrogens with one attached hydrogen (secondary N) is 1. The predicted molar refractivity (Wildman–Crippen MR) is 76.0 cm³/mol. The summed E-state index contributed by atoms with van der Waals surface area (Å²) in [6.07, 6.45) is 0. The van der Waals surface area contributed by atoms with Gasteiger partial charge in [0.05, 0.1) is 17.7 Å². The lowest BCUT2D eigenvalue weighted by Gasteiger charge is -2.08. The van der Waals surface area contributed by atoms with E-state index in [0.717, 1.165) is 10.9 Å². The van der Waals surface area contributed by atoms with Gasteiger partial charge in [-0.3, -0.25) is 4.72 Å². The van der Waals surface area contributed by atoms with Crippen molar-refractivity contribution < 1.29 is 17.5 Å². The molecule has 0 saturated heterocycles. The Balaban J connectivity index is 2.26. The lowest BCUT2D eigenvalue weighted by molar-refractivity contribution is 0.386. The molecule has 0 bridgehead atoms. The second-order valence-corrected chi connectivity index (χ2v) is 6.59. The summed E-state index contributed by atoms with van der Waals surface area (Å²) in [5.41, 5.74) is 5.57. The van der Waals surface area contributed by atoms with Gasteiger partial charge in [0.25, 0.3) is 10.0 Å². The summed E-state index contributed by atoms with van der Waals surface area (Å²) >= 11 is 1.26. The highest BCUT2D eigenvalue weighted by atomic mass is 32.2. The summed E-state index contributed by atoms with van der Waals surface area (Å²) in [5, 5.41) is 1.49. The molecule has 108 valence electrons. The quantitative estimate of drug-likeness (QED) is 0.885. The molecule has 3 N–H and O–H groups in total. The summed E-state index contributed by atoms with van der Waals surface area (Å²) < 4.78 is 44.8. The van der Waals surface area contributed by atoms with Crippen LogP contribution in [0.4, 0.5) is 10.1 Å². The molecule has 0 aliphatic heterocycles. The van der Waals surface area contributed by atoms with E-state index in [0.29, 0.717) is 0 Å². The Bertz CT molecular complexity index is 713. The van der Waals surface area contributed by atoms with Crippen LogP contribution in [0.3, 0.4) is 0 Å². The van der Waals surface area contributed by atoms with E-state index in [1.165, 1.54) is 42.0 Å². The Kier molecular flexibility index (Phi) is 4.26. The highest BCUT2D eigenvalue weighted by Crippen LogP contribution is 2.24.